The number of furan rings is 1. The van der Waals surface area contributed by atoms with Crippen molar-refractivity contribution in [3.8, 4) is 22.8 Å². The Kier molecular flexibility index (Phi) is 5.94. The highest BCUT2D eigenvalue weighted by atomic mass is 16.5. The summed E-state index contributed by atoms with van der Waals surface area (Å²) in [5.41, 5.74) is 3.51. The molecule has 1 heterocycles. The fourth-order valence-corrected chi connectivity index (χ4v) is 2.54. The molecule has 0 unspecified atom stereocenters. The highest BCUT2D eigenvalue weighted by Crippen LogP contribution is 2.23. The van der Waals surface area contributed by atoms with Gasteiger partial charge in [-0.05, 0) is 36.4 Å². The van der Waals surface area contributed by atoms with Crippen LogP contribution in [-0.4, -0.2) is 37.4 Å². The first-order chi connectivity index (χ1) is 14.0. The molecule has 0 aliphatic rings. The summed E-state index contributed by atoms with van der Waals surface area (Å²) in [7, 11) is 2.99. The summed E-state index contributed by atoms with van der Waals surface area (Å²) in [4.78, 5) is 23.4. The second kappa shape index (κ2) is 8.75. The van der Waals surface area contributed by atoms with Crippen LogP contribution in [0.25, 0.3) is 11.3 Å². The number of hydrogen-bond donors (Lipinski definition) is 2. The van der Waals surface area contributed by atoms with Gasteiger partial charge in [0.1, 0.15) is 23.0 Å². The maximum absolute atomic E-state index is 12.3. The topological polar surface area (TPSA) is 110 Å². The number of nitrogens with one attached hydrogen (secondary N) is 1. The zero-order valence-corrected chi connectivity index (χ0v) is 15.7. The molecule has 0 atom stereocenters. The lowest BCUT2D eigenvalue weighted by molar-refractivity contribution is 0.0696. The molecule has 0 bridgehead atoms. The highest BCUT2D eigenvalue weighted by molar-refractivity contribution is 5.95. The number of carboxylic acid groups (broad SMARTS) is 1. The number of methoxy groups -OCH3 is 2. The van der Waals surface area contributed by atoms with E-state index in [1.54, 1.807) is 42.5 Å². The fraction of sp³-hybridized carbons (Fsp3) is 0.0952. The number of rotatable bonds is 7. The van der Waals surface area contributed by atoms with Crippen LogP contribution >= 0.6 is 0 Å². The van der Waals surface area contributed by atoms with Gasteiger partial charge in [-0.1, -0.05) is 12.1 Å². The molecule has 1 amide bonds. The number of amides is 1. The van der Waals surface area contributed by atoms with Gasteiger partial charge in [0.15, 0.2) is 0 Å². The molecule has 0 fully saturated rings. The van der Waals surface area contributed by atoms with Gasteiger partial charge in [-0.15, -0.1) is 0 Å². The van der Waals surface area contributed by atoms with E-state index >= 15 is 0 Å². The average molecular weight is 394 g/mol. The summed E-state index contributed by atoms with van der Waals surface area (Å²) in [6.07, 6.45) is 1.35. The van der Waals surface area contributed by atoms with E-state index in [-0.39, 0.29) is 5.56 Å². The molecular formula is C21H18N2O6. The minimum Gasteiger partial charge on any atom is -0.497 e. The molecule has 0 aliphatic carbocycles. The van der Waals surface area contributed by atoms with E-state index in [4.69, 9.17) is 19.0 Å². The second-order valence-corrected chi connectivity index (χ2v) is 5.89. The highest BCUT2D eigenvalue weighted by Gasteiger charge is 2.10. The summed E-state index contributed by atoms with van der Waals surface area (Å²) in [5, 5.41) is 13.0. The molecule has 1 aromatic heterocycles. The van der Waals surface area contributed by atoms with Crippen molar-refractivity contribution in [2.45, 2.75) is 0 Å². The summed E-state index contributed by atoms with van der Waals surface area (Å²) < 4.78 is 15.9. The molecule has 3 aromatic rings. The van der Waals surface area contributed by atoms with E-state index in [1.807, 2.05) is 0 Å². The van der Waals surface area contributed by atoms with Crippen molar-refractivity contribution < 1.29 is 28.6 Å². The van der Waals surface area contributed by atoms with Crippen molar-refractivity contribution in [3.05, 3.63) is 71.5 Å². The first kappa shape index (κ1) is 19.7. The molecule has 3 rings (SSSR count). The van der Waals surface area contributed by atoms with Gasteiger partial charge in [-0.2, -0.15) is 5.10 Å². The van der Waals surface area contributed by atoms with Crippen LogP contribution in [0.1, 0.15) is 26.5 Å². The van der Waals surface area contributed by atoms with Crippen LogP contribution in [-0.2, 0) is 0 Å². The Labute approximate surface area is 166 Å². The molecule has 0 saturated heterocycles. The van der Waals surface area contributed by atoms with E-state index < -0.39 is 11.9 Å². The predicted octanol–water partition coefficient (Wildman–Crippen LogP) is 3.43. The maximum Gasteiger partial charge on any atom is 0.335 e. The number of hydrogen-bond acceptors (Lipinski definition) is 6. The Morgan fingerprint density at radius 1 is 1.00 bits per heavy atom. The van der Waals surface area contributed by atoms with Crippen molar-refractivity contribution in [3.63, 3.8) is 0 Å². The monoisotopic (exact) mass is 394 g/mol. The largest absolute Gasteiger partial charge is 0.497 e. The van der Waals surface area contributed by atoms with Gasteiger partial charge < -0.3 is 19.0 Å². The number of hydrazone groups is 1. The molecule has 0 saturated carbocycles. The van der Waals surface area contributed by atoms with Crippen LogP contribution in [0.3, 0.4) is 0 Å². The number of aromatic carboxylic acids is 1. The van der Waals surface area contributed by atoms with Crippen LogP contribution < -0.4 is 14.9 Å². The van der Waals surface area contributed by atoms with Gasteiger partial charge in [0.2, 0.25) is 0 Å². The Bertz CT molecular complexity index is 1050. The number of ether oxygens (including phenoxy) is 2. The van der Waals surface area contributed by atoms with Gasteiger partial charge in [0.25, 0.3) is 5.91 Å². The summed E-state index contributed by atoms with van der Waals surface area (Å²) in [5.74, 6) is 0.384. The second-order valence-electron chi connectivity index (χ2n) is 5.89. The molecule has 148 valence electrons. The molecule has 8 heteroatoms. The molecule has 2 aromatic carbocycles. The van der Waals surface area contributed by atoms with Crippen LogP contribution in [0.4, 0.5) is 0 Å². The van der Waals surface area contributed by atoms with Crippen LogP contribution in [0.5, 0.6) is 11.5 Å². The van der Waals surface area contributed by atoms with E-state index in [9.17, 15) is 9.59 Å². The van der Waals surface area contributed by atoms with E-state index in [0.717, 1.165) is 0 Å². The lowest BCUT2D eigenvalue weighted by Crippen LogP contribution is -2.17. The van der Waals surface area contributed by atoms with Crippen molar-refractivity contribution >= 4 is 18.1 Å². The summed E-state index contributed by atoms with van der Waals surface area (Å²) in [6, 6.07) is 14.5. The average Bonchev–Trinajstić information content (AvgIpc) is 3.22. The molecule has 29 heavy (non-hydrogen) atoms. The Balaban J connectivity index is 1.69. The Hall–Kier alpha value is -4.07. The quantitative estimate of drug-likeness (QED) is 0.469. The fourth-order valence-electron chi connectivity index (χ4n) is 2.54. The number of carbonyl (C=O) groups is 2. The molecule has 0 radical (unpaired) electrons. The first-order valence-corrected chi connectivity index (χ1v) is 8.50. The molecular weight excluding hydrogens is 376 g/mol. The molecule has 0 aliphatic heterocycles. The first-order valence-electron chi connectivity index (χ1n) is 8.50. The zero-order valence-electron chi connectivity index (χ0n) is 15.7. The minimum atomic E-state index is -1.02. The lowest BCUT2D eigenvalue weighted by Gasteiger charge is -2.07. The zero-order chi connectivity index (χ0) is 20.8. The van der Waals surface area contributed by atoms with Crippen LogP contribution in [0.15, 0.2) is 64.1 Å². The predicted molar refractivity (Wildman–Crippen MR) is 106 cm³/mol. The van der Waals surface area contributed by atoms with Crippen molar-refractivity contribution in [2.24, 2.45) is 5.10 Å². The number of benzene rings is 2. The number of carbonyl (C=O) groups excluding carboxylic acids is 1. The van der Waals surface area contributed by atoms with Crippen molar-refractivity contribution in [1.29, 1.82) is 0 Å². The third-order valence-corrected chi connectivity index (χ3v) is 3.99. The van der Waals surface area contributed by atoms with E-state index in [2.05, 4.69) is 10.5 Å². The van der Waals surface area contributed by atoms with Crippen molar-refractivity contribution in [2.75, 3.05) is 14.2 Å². The Morgan fingerprint density at radius 3 is 2.38 bits per heavy atom. The van der Waals surface area contributed by atoms with Gasteiger partial charge in [-0.25, -0.2) is 10.2 Å². The number of carboxylic acids is 1. The van der Waals surface area contributed by atoms with Crippen LogP contribution in [0.2, 0.25) is 0 Å². The molecule has 2 N–H and O–H groups in total. The van der Waals surface area contributed by atoms with Gasteiger partial charge in [0.05, 0.1) is 26.0 Å². The summed E-state index contributed by atoms with van der Waals surface area (Å²) >= 11 is 0. The normalized spacial score (nSPS) is 10.7. The minimum absolute atomic E-state index is 0.162. The SMILES string of the molecule is COc1cc(OC)cc(C(=O)N/N=C\c2ccc(-c3cccc(C(=O)O)c3)o2)c1. The van der Waals surface area contributed by atoms with Crippen molar-refractivity contribution in [1.82, 2.24) is 5.43 Å². The maximum atomic E-state index is 12.3. The lowest BCUT2D eigenvalue weighted by atomic mass is 10.1. The van der Waals surface area contributed by atoms with Gasteiger partial charge >= 0.3 is 5.97 Å². The third kappa shape index (κ3) is 4.81. The standard InChI is InChI=1S/C21H18N2O6/c1-27-17-9-15(10-18(11-17)28-2)20(24)23-22-12-16-6-7-19(29-16)13-4-3-5-14(8-13)21(25)26/h3-12H,1-2H3,(H,23,24)(H,25,26)/b22-12-. The smallest absolute Gasteiger partial charge is 0.335 e. The summed E-state index contributed by atoms with van der Waals surface area (Å²) in [6.45, 7) is 0. The van der Waals surface area contributed by atoms with Gasteiger partial charge in [0, 0.05) is 17.2 Å². The molecule has 0 spiro atoms. The van der Waals surface area contributed by atoms with E-state index in [1.165, 1.54) is 32.6 Å². The molecule has 8 nitrogen and oxygen atoms in total. The van der Waals surface area contributed by atoms with Gasteiger partial charge in [-0.3, -0.25) is 4.79 Å². The Morgan fingerprint density at radius 2 is 1.72 bits per heavy atom. The third-order valence-electron chi connectivity index (χ3n) is 3.99. The van der Waals surface area contributed by atoms with E-state index in [0.29, 0.717) is 34.1 Å². The number of nitrogens with zero attached hydrogens (tertiary/aromatic N) is 1. The van der Waals surface area contributed by atoms with Crippen LogP contribution in [0, 0.1) is 0 Å².